The molecule has 0 aliphatic rings. The van der Waals surface area contributed by atoms with E-state index in [1.54, 1.807) is 49.6 Å². The van der Waals surface area contributed by atoms with Gasteiger partial charge in [0, 0.05) is 17.3 Å². The van der Waals surface area contributed by atoms with Crippen molar-refractivity contribution in [3.63, 3.8) is 0 Å². The fourth-order valence-electron chi connectivity index (χ4n) is 4.06. The number of alkyl halides is 3. The second-order valence-corrected chi connectivity index (χ2v) is 8.40. The molecule has 7 nitrogen and oxygen atoms in total. The Morgan fingerprint density at radius 2 is 1.76 bits per heavy atom. The summed E-state index contributed by atoms with van der Waals surface area (Å²) in [5.41, 5.74) is -0.185. The molecule has 0 atom stereocenters. The van der Waals surface area contributed by atoms with Crippen molar-refractivity contribution in [2.75, 3.05) is 7.11 Å². The van der Waals surface area contributed by atoms with Crippen molar-refractivity contribution in [2.45, 2.75) is 12.7 Å². The summed E-state index contributed by atoms with van der Waals surface area (Å²) in [7, 11) is 1.57. The normalized spacial score (nSPS) is 11.5. The maximum atomic E-state index is 13.4. The SMILES string of the molecule is COc1ccc(-c2cc(CNC(=O)c3cc4ccccc4n(-c4cccc(C(F)(F)F)c4)c3=O)on2)cc1. The predicted molar refractivity (Wildman–Crippen MR) is 134 cm³/mol. The van der Waals surface area contributed by atoms with Gasteiger partial charge in [0.15, 0.2) is 5.76 Å². The molecule has 38 heavy (non-hydrogen) atoms. The van der Waals surface area contributed by atoms with Gasteiger partial charge >= 0.3 is 6.18 Å². The van der Waals surface area contributed by atoms with Crippen LogP contribution in [-0.4, -0.2) is 22.7 Å². The van der Waals surface area contributed by atoms with Crippen LogP contribution < -0.4 is 15.6 Å². The minimum atomic E-state index is -4.59. The lowest BCUT2D eigenvalue weighted by molar-refractivity contribution is -0.137. The number of nitrogens with one attached hydrogen (secondary N) is 1. The summed E-state index contributed by atoms with van der Waals surface area (Å²) in [6.07, 6.45) is -4.59. The second-order valence-electron chi connectivity index (χ2n) is 8.40. The molecule has 0 aliphatic carbocycles. The summed E-state index contributed by atoms with van der Waals surface area (Å²) in [6.45, 7) is -0.0577. The molecule has 0 saturated carbocycles. The molecule has 5 aromatic rings. The van der Waals surface area contributed by atoms with Gasteiger partial charge in [-0.1, -0.05) is 29.4 Å². The average Bonchev–Trinajstić information content (AvgIpc) is 3.40. The molecule has 0 saturated heterocycles. The van der Waals surface area contributed by atoms with Crippen LogP contribution >= 0.6 is 0 Å². The molecule has 2 aromatic heterocycles. The number of hydrogen-bond donors (Lipinski definition) is 1. The minimum Gasteiger partial charge on any atom is -0.497 e. The molecule has 0 fully saturated rings. The first-order chi connectivity index (χ1) is 18.2. The number of carbonyl (C=O) groups is 1. The van der Waals surface area contributed by atoms with Crippen LogP contribution in [0.15, 0.2) is 94.2 Å². The Labute approximate surface area is 214 Å². The minimum absolute atomic E-state index is 0.00459. The number of amides is 1. The van der Waals surface area contributed by atoms with Crippen molar-refractivity contribution in [3.05, 3.63) is 112 Å². The third-order valence-electron chi connectivity index (χ3n) is 5.96. The van der Waals surface area contributed by atoms with Gasteiger partial charge in [0.2, 0.25) is 0 Å². The molecule has 1 amide bonds. The van der Waals surface area contributed by atoms with Crippen molar-refractivity contribution in [1.29, 1.82) is 0 Å². The van der Waals surface area contributed by atoms with Crippen LogP contribution in [0.1, 0.15) is 21.7 Å². The number of methoxy groups -OCH3 is 1. The van der Waals surface area contributed by atoms with Gasteiger partial charge in [0.1, 0.15) is 17.0 Å². The van der Waals surface area contributed by atoms with Crippen LogP contribution in [0.3, 0.4) is 0 Å². The number of fused-ring (bicyclic) bond motifs is 1. The largest absolute Gasteiger partial charge is 0.497 e. The van der Waals surface area contributed by atoms with E-state index in [1.165, 1.54) is 18.2 Å². The molecule has 10 heteroatoms. The standard InChI is InChI=1S/C28H20F3N3O4/c1-37-21-11-9-17(10-12-21)24-15-22(38-33-24)16-32-26(35)23-13-18-5-2-3-8-25(18)34(27(23)36)20-7-4-6-19(14-20)28(29,30)31/h2-15H,16H2,1H3,(H,32,35). The fourth-order valence-corrected chi connectivity index (χ4v) is 4.06. The molecule has 5 rings (SSSR count). The Bertz CT molecular complexity index is 1690. The van der Waals surface area contributed by atoms with Crippen LogP contribution in [0, 0.1) is 0 Å². The van der Waals surface area contributed by atoms with Crippen molar-refractivity contribution >= 4 is 16.8 Å². The van der Waals surface area contributed by atoms with Crippen molar-refractivity contribution in [1.82, 2.24) is 15.0 Å². The van der Waals surface area contributed by atoms with Crippen LogP contribution in [0.2, 0.25) is 0 Å². The molecule has 0 bridgehead atoms. The Kier molecular flexibility index (Phi) is 6.46. The van der Waals surface area contributed by atoms with E-state index in [0.717, 1.165) is 22.3 Å². The molecule has 1 N–H and O–H groups in total. The number of aromatic nitrogens is 2. The number of pyridine rings is 1. The van der Waals surface area contributed by atoms with Gasteiger partial charge < -0.3 is 14.6 Å². The number of hydrogen-bond acceptors (Lipinski definition) is 5. The van der Waals surface area contributed by atoms with Crippen LogP contribution in [0.5, 0.6) is 5.75 Å². The molecule has 0 aliphatic heterocycles. The van der Waals surface area contributed by atoms with Gasteiger partial charge in [-0.25, -0.2) is 0 Å². The molecule has 0 unspecified atom stereocenters. The highest BCUT2D eigenvalue weighted by Gasteiger charge is 2.31. The molecule has 0 radical (unpaired) electrons. The maximum Gasteiger partial charge on any atom is 0.416 e. The van der Waals surface area contributed by atoms with Gasteiger partial charge in [-0.3, -0.25) is 14.2 Å². The summed E-state index contributed by atoms with van der Waals surface area (Å²) < 4.78 is 51.6. The highest BCUT2D eigenvalue weighted by Crippen LogP contribution is 2.31. The van der Waals surface area contributed by atoms with Crippen LogP contribution in [0.25, 0.3) is 27.8 Å². The number of carbonyl (C=O) groups excluding carboxylic acids is 1. The Morgan fingerprint density at radius 1 is 1.00 bits per heavy atom. The smallest absolute Gasteiger partial charge is 0.416 e. The summed E-state index contributed by atoms with van der Waals surface area (Å²) >= 11 is 0. The van der Waals surface area contributed by atoms with Crippen molar-refractivity contribution in [3.8, 4) is 22.7 Å². The first kappa shape index (κ1) is 24.8. The Morgan fingerprint density at radius 3 is 2.50 bits per heavy atom. The number of halogens is 3. The number of para-hydroxylation sites is 1. The van der Waals surface area contributed by atoms with Crippen molar-refractivity contribution < 1.29 is 27.2 Å². The quantitative estimate of drug-likeness (QED) is 0.316. The first-order valence-electron chi connectivity index (χ1n) is 11.5. The third-order valence-corrected chi connectivity index (χ3v) is 5.96. The number of ether oxygens (including phenoxy) is 1. The highest BCUT2D eigenvalue weighted by atomic mass is 19.4. The predicted octanol–water partition coefficient (Wildman–Crippen LogP) is 5.60. The zero-order valence-electron chi connectivity index (χ0n) is 20.0. The van der Waals surface area contributed by atoms with E-state index in [2.05, 4.69) is 10.5 Å². The highest BCUT2D eigenvalue weighted by molar-refractivity contribution is 5.97. The fraction of sp³-hybridized carbons (Fsp3) is 0.107. The van der Waals surface area contributed by atoms with Gasteiger partial charge in [0.05, 0.1) is 24.7 Å². The summed E-state index contributed by atoms with van der Waals surface area (Å²) in [5.74, 6) is 0.336. The van der Waals surface area contributed by atoms with E-state index in [-0.39, 0.29) is 17.8 Å². The maximum absolute atomic E-state index is 13.4. The summed E-state index contributed by atoms with van der Waals surface area (Å²) in [4.78, 5) is 26.5. The molecular weight excluding hydrogens is 499 g/mol. The third kappa shape index (κ3) is 4.88. The summed E-state index contributed by atoms with van der Waals surface area (Å²) in [5, 5.41) is 7.15. The molecular formula is C28H20F3N3O4. The lowest BCUT2D eigenvalue weighted by Crippen LogP contribution is -2.32. The van der Waals surface area contributed by atoms with Crippen LogP contribution in [-0.2, 0) is 12.7 Å². The van der Waals surface area contributed by atoms with E-state index in [0.29, 0.717) is 28.1 Å². The van der Waals surface area contributed by atoms with E-state index >= 15 is 0 Å². The van der Waals surface area contributed by atoms with Gasteiger partial charge in [-0.15, -0.1) is 0 Å². The van der Waals surface area contributed by atoms with E-state index in [1.807, 2.05) is 12.1 Å². The second kappa shape index (κ2) is 9.89. The van der Waals surface area contributed by atoms with E-state index < -0.39 is 23.2 Å². The first-order valence-corrected chi connectivity index (χ1v) is 11.5. The van der Waals surface area contributed by atoms with E-state index in [4.69, 9.17) is 9.26 Å². The van der Waals surface area contributed by atoms with Crippen molar-refractivity contribution in [2.24, 2.45) is 0 Å². The molecule has 2 heterocycles. The Hall–Kier alpha value is -4.86. The Balaban J connectivity index is 1.45. The number of rotatable bonds is 6. The van der Waals surface area contributed by atoms with Gasteiger partial charge in [-0.05, 0) is 60.0 Å². The molecule has 0 spiro atoms. The average molecular weight is 519 g/mol. The van der Waals surface area contributed by atoms with E-state index in [9.17, 15) is 22.8 Å². The monoisotopic (exact) mass is 519 g/mol. The zero-order chi connectivity index (χ0) is 26.9. The zero-order valence-corrected chi connectivity index (χ0v) is 20.0. The topological polar surface area (TPSA) is 86.4 Å². The van der Waals surface area contributed by atoms with Gasteiger partial charge in [0.25, 0.3) is 11.5 Å². The van der Waals surface area contributed by atoms with Crippen LogP contribution in [0.4, 0.5) is 13.2 Å². The molecule has 3 aromatic carbocycles. The number of benzene rings is 3. The van der Waals surface area contributed by atoms with Gasteiger partial charge in [-0.2, -0.15) is 13.2 Å². The molecule has 192 valence electrons. The lowest BCUT2D eigenvalue weighted by atomic mass is 10.1. The summed E-state index contributed by atoms with van der Waals surface area (Å²) in [6, 6.07) is 21.3. The lowest BCUT2D eigenvalue weighted by Gasteiger charge is -2.15. The number of nitrogens with zero attached hydrogens (tertiary/aromatic N) is 2.